The first-order valence-corrected chi connectivity index (χ1v) is 9.67. The Hall–Kier alpha value is -0.570. The first kappa shape index (κ1) is 22.5. The SMILES string of the molecule is CCNC(=NCCCOC1CCCC1)NC1CCN(C(=O)CC)C1.I. The van der Waals surface area contributed by atoms with Crippen LogP contribution in [0.15, 0.2) is 4.99 Å². The number of aliphatic imine (C=N–C) groups is 1. The Kier molecular flexibility index (Phi) is 11.4. The summed E-state index contributed by atoms with van der Waals surface area (Å²) >= 11 is 0. The lowest BCUT2D eigenvalue weighted by atomic mass is 10.3. The Morgan fingerprint density at radius 3 is 2.68 bits per heavy atom. The highest BCUT2D eigenvalue weighted by Gasteiger charge is 2.25. The van der Waals surface area contributed by atoms with Crippen molar-refractivity contribution in [1.29, 1.82) is 0 Å². The van der Waals surface area contributed by atoms with Crippen molar-refractivity contribution in [2.24, 2.45) is 4.99 Å². The average molecular weight is 466 g/mol. The Labute approximate surface area is 169 Å². The second kappa shape index (κ2) is 12.7. The van der Waals surface area contributed by atoms with E-state index < -0.39 is 0 Å². The molecule has 1 atom stereocenters. The maximum Gasteiger partial charge on any atom is 0.222 e. The molecule has 2 aliphatic rings. The third-order valence-corrected chi connectivity index (χ3v) is 4.76. The van der Waals surface area contributed by atoms with Crippen molar-refractivity contribution in [3.05, 3.63) is 0 Å². The monoisotopic (exact) mass is 466 g/mol. The molecule has 146 valence electrons. The highest BCUT2D eigenvalue weighted by Crippen LogP contribution is 2.20. The van der Waals surface area contributed by atoms with E-state index in [0.717, 1.165) is 51.6 Å². The van der Waals surface area contributed by atoms with Gasteiger partial charge in [0.05, 0.1) is 6.10 Å². The van der Waals surface area contributed by atoms with Gasteiger partial charge in [-0.05, 0) is 32.6 Å². The molecule has 1 aliphatic carbocycles. The Bertz CT molecular complexity index is 414. The van der Waals surface area contributed by atoms with E-state index in [1.807, 2.05) is 11.8 Å². The summed E-state index contributed by atoms with van der Waals surface area (Å²) in [4.78, 5) is 18.3. The molecule has 1 saturated heterocycles. The molecule has 1 aliphatic heterocycles. The quantitative estimate of drug-likeness (QED) is 0.250. The van der Waals surface area contributed by atoms with Crippen LogP contribution in [0.4, 0.5) is 0 Å². The van der Waals surface area contributed by atoms with Gasteiger partial charge in [0.15, 0.2) is 5.96 Å². The van der Waals surface area contributed by atoms with Gasteiger partial charge in [-0.25, -0.2) is 0 Å². The number of amides is 1. The number of guanidine groups is 1. The fourth-order valence-corrected chi connectivity index (χ4v) is 3.40. The zero-order valence-corrected chi connectivity index (χ0v) is 18.1. The molecular formula is C18H35IN4O2. The number of halogens is 1. The van der Waals surface area contributed by atoms with Gasteiger partial charge in [0.25, 0.3) is 0 Å². The predicted molar refractivity (Wildman–Crippen MR) is 113 cm³/mol. The summed E-state index contributed by atoms with van der Waals surface area (Å²) in [6.45, 7) is 8.03. The van der Waals surface area contributed by atoms with Gasteiger partial charge in [0.2, 0.25) is 5.91 Å². The predicted octanol–water partition coefficient (Wildman–Crippen LogP) is 2.52. The van der Waals surface area contributed by atoms with Crippen LogP contribution in [-0.4, -0.2) is 61.7 Å². The normalized spacial score (nSPS) is 21.3. The standard InChI is InChI=1S/C18H34N4O2.HI/c1-3-17(23)22-12-10-15(14-22)21-18(19-4-2)20-11-7-13-24-16-8-5-6-9-16;/h15-16H,3-14H2,1-2H3,(H2,19,20,21);1H. The van der Waals surface area contributed by atoms with Crippen LogP contribution in [0.2, 0.25) is 0 Å². The molecule has 1 saturated carbocycles. The molecule has 1 amide bonds. The van der Waals surface area contributed by atoms with Gasteiger partial charge in [-0.1, -0.05) is 19.8 Å². The first-order valence-electron chi connectivity index (χ1n) is 9.67. The van der Waals surface area contributed by atoms with Crippen molar-refractivity contribution < 1.29 is 9.53 Å². The highest BCUT2D eigenvalue weighted by molar-refractivity contribution is 14.0. The second-order valence-corrected chi connectivity index (χ2v) is 6.71. The summed E-state index contributed by atoms with van der Waals surface area (Å²) in [5.41, 5.74) is 0. The smallest absolute Gasteiger partial charge is 0.222 e. The zero-order chi connectivity index (χ0) is 17.2. The van der Waals surface area contributed by atoms with Gasteiger partial charge in [0.1, 0.15) is 0 Å². The highest BCUT2D eigenvalue weighted by atomic mass is 127. The van der Waals surface area contributed by atoms with E-state index in [1.54, 1.807) is 0 Å². The topological polar surface area (TPSA) is 66.0 Å². The van der Waals surface area contributed by atoms with Crippen molar-refractivity contribution >= 4 is 35.8 Å². The Morgan fingerprint density at radius 1 is 1.24 bits per heavy atom. The molecule has 0 aromatic heterocycles. The fourth-order valence-electron chi connectivity index (χ4n) is 3.40. The molecule has 2 rings (SSSR count). The molecule has 1 unspecified atom stereocenters. The molecule has 0 radical (unpaired) electrons. The molecule has 0 aromatic rings. The van der Waals surface area contributed by atoms with E-state index in [-0.39, 0.29) is 29.9 Å². The van der Waals surface area contributed by atoms with Crippen LogP contribution in [0.25, 0.3) is 0 Å². The molecule has 2 fully saturated rings. The summed E-state index contributed by atoms with van der Waals surface area (Å²) < 4.78 is 5.88. The van der Waals surface area contributed by atoms with Crippen molar-refractivity contribution in [1.82, 2.24) is 15.5 Å². The average Bonchev–Trinajstić information content (AvgIpc) is 3.25. The van der Waals surface area contributed by atoms with Crippen LogP contribution >= 0.6 is 24.0 Å². The molecule has 0 spiro atoms. The molecule has 6 nitrogen and oxygen atoms in total. The van der Waals surface area contributed by atoms with E-state index >= 15 is 0 Å². The van der Waals surface area contributed by atoms with Crippen molar-refractivity contribution in [3.8, 4) is 0 Å². The molecule has 1 heterocycles. The number of nitrogens with one attached hydrogen (secondary N) is 2. The van der Waals surface area contributed by atoms with E-state index in [4.69, 9.17) is 4.74 Å². The van der Waals surface area contributed by atoms with Crippen molar-refractivity contribution in [3.63, 3.8) is 0 Å². The Morgan fingerprint density at radius 2 is 2.00 bits per heavy atom. The van der Waals surface area contributed by atoms with Crippen LogP contribution in [0, 0.1) is 0 Å². The number of hydrogen-bond donors (Lipinski definition) is 2. The third-order valence-electron chi connectivity index (χ3n) is 4.76. The minimum absolute atomic E-state index is 0. The first-order chi connectivity index (χ1) is 11.7. The summed E-state index contributed by atoms with van der Waals surface area (Å²) in [5, 5.41) is 6.76. The molecule has 25 heavy (non-hydrogen) atoms. The molecular weight excluding hydrogens is 431 g/mol. The summed E-state index contributed by atoms with van der Waals surface area (Å²) in [7, 11) is 0. The van der Waals surface area contributed by atoms with Crippen LogP contribution in [0.5, 0.6) is 0 Å². The maximum absolute atomic E-state index is 11.8. The summed E-state index contributed by atoms with van der Waals surface area (Å²) in [5.74, 6) is 1.10. The fraction of sp³-hybridized carbons (Fsp3) is 0.889. The van der Waals surface area contributed by atoms with Crippen LogP contribution in [0.1, 0.15) is 58.8 Å². The summed E-state index contributed by atoms with van der Waals surface area (Å²) in [6, 6.07) is 0.299. The van der Waals surface area contributed by atoms with Crippen LogP contribution in [0.3, 0.4) is 0 Å². The van der Waals surface area contributed by atoms with Crippen molar-refractivity contribution in [2.75, 3.05) is 32.8 Å². The number of nitrogens with zero attached hydrogens (tertiary/aromatic N) is 2. The van der Waals surface area contributed by atoms with Gasteiger partial charge in [-0.15, -0.1) is 24.0 Å². The minimum atomic E-state index is 0. The molecule has 0 bridgehead atoms. The third kappa shape index (κ3) is 8.11. The van der Waals surface area contributed by atoms with Gasteiger partial charge in [0, 0.05) is 45.2 Å². The number of hydrogen-bond acceptors (Lipinski definition) is 3. The number of likely N-dealkylation sites (tertiary alicyclic amines) is 1. The zero-order valence-electron chi connectivity index (χ0n) is 15.8. The number of ether oxygens (including phenoxy) is 1. The largest absolute Gasteiger partial charge is 0.378 e. The van der Waals surface area contributed by atoms with E-state index in [2.05, 4.69) is 22.5 Å². The number of carbonyl (C=O) groups is 1. The molecule has 0 aromatic carbocycles. The van der Waals surface area contributed by atoms with Gasteiger partial charge in [-0.3, -0.25) is 9.79 Å². The van der Waals surface area contributed by atoms with Crippen LogP contribution in [-0.2, 0) is 9.53 Å². The van der Waals surface area contributed by atoms with E-state index in [9.17, 15) is 4.79 Å². The molecule has 2 N–H and O–H groups in total. The van der Waals surface area contributed by atoms with E-state index in [0.29, 0.717) is 18.6 Å². The Balaban J connectivity index is 0.00000312. The number of rotatable bonds is 8. The van der Waals surface area contributed by atoms with Gasteiger partial charge < -0.3 is 20.3 Å². The molecule has 7 heteroatoms. The van der Waals surface area contributed by atoms with E-state index in [1.165, 1.54) is 25.7 Å². The second-order valence-electron chi connectivity index (χ2n) is 6.71. The van der Waals surface area contributed by atoms with Gasteiger partial charge in [-0.2, -0.15) is 0 Å². The van der Waals surface area contributed by atoms with Gasteiger partial charge >= 0.3 is 0 Å². The lowest BCUT2D eigenvalue weighted by Gasteiger charge is -2.18. The lowest BCUT2D eigenvalue weighted by Crippen LogP contribution is -2.45. The maximum atomic E-state index is 11.8. The lowest BCUT2D eigenvalue weighted by molar-refractivity contribution is -0.129. The van der Waals surface area contributed by atoms with Crippen molar-refractivity contribution in [2.45, 2.75) is 70.9 Å². The van der Waals surface area contributed by atoms with Crippen LogP contribution < -0.4 is 10.6 Å². The number of carbonyl (C=O) groups excluding carboxylic acids is 1. The summed E-state index contributed by atoms with van der Waals surface area (Å²) in [6.07, 6.45) is 8.10. The minimum Gasteiger partial charge on any atom is -0.378 e.